The summed E-state index contributed by atoms with van der Waals surface area (Å²) in [5.41, 5.74) is 1.25. The third kappa shape index (κ3) is 5.86. The third-order valence-electron chi connectivity index (χ3n) is 5.14. The smallest absolute Gasteiger partial charge is 0.319 e. The van der Waals surface area contributed by atoms with Crippen molar-refractivity contribution in [2.75, 3.05) is 33.2 Å². The van der Waals surface area contributed by atoms with Gasteiger partial charge in [0.25, 0.3) is 0 Å². The minimum absolute atomic E-state index is 0.163. The summed E-state index contributed by atoms with van der Waals surface area (Å²) in [5, 5.41) is 18.8. The van der Waals surface area contributed by atoms with Gasteiger partial charge >= 0.3 is 6.03 Å². The quantitative estimate of drug-likeness (QED) is 0.420. The lowest BCUT2D eigenvalue weighted by molar-refractivity contribution is -0.122. The molecule has 0 heterocycles. The largest absolute Gasteiger partial charge is 0.493 e. The second kappa shape index (κ2) is 11.4. The topological polar surface area (TPSA) is 122 Å². The molecule has 1 unspecified atom stereocenters. The van der Waals surface area contributed by atoms with E-state index in [4.69, 9.17) is 19.5 Å². The standard InChI is InChI=1S/C25H26N4O5/c1-32-21-14-19(15-22(33-2)23(21)34-3)28-25(31)29-20(24(30)27-11-10-26)13-16-8-9-17-6-4-5-7-18(17)12-16/h4-9,12,14-15,20H,11,13H2,1-3H3,(H,27,30)(H2,28,29,31). The number of urea groups is 1. The molecule has 0 saturated heterocycles. The normalized spacial score (nSPS) is 11.1. The van der Waals surface area contributed by atoms with Crippen molar-refractivity contribution in [1.29, 1.82) is 5.26 Å². The van der Waals surface area contributed by atoms with Crippen molar-refractivity contribution in [3.05, 3.63) is 60.2 Å². The SMILES string of the molecule is COc1cc(NC(=O)NC(Cc2ccc3ccccc3c2)C(=O)NCC#N)cc(OC)c1OC. The van der Waals surface area contributed by atoms with Crippen LogP contribution in [0, 0.1) is 11.3 Å². The first-order valence-corrected chi connectivity index (χ1v) is 10.5. The Bertz CT molecular complexity index is 1200. The molecule has 3 aromatic rings. The molecule has 9 heteroatoms. The van der Waals surface area contributed by atoms with Gasteiger partial charge in [0.1, 0.15) is 12.6 Å². The van der Waals surface area contributed by atoms with Gasteiger partial charge < -0.3 is 30.2 Å². The second-order valence-corrected chi connectivity index (χ2v) is 7.33. The highest BCUT2D eigenvalue weighted by atomic mass is 16.5. The summed E-state index contributed by atoms with van der Waals surface area (Å²) in [6.07, 6.45) is 0.241. The third-order valence-corrected chi connectivity index (χ3v) is 5.14. The summed E-state index contributed by atoms with van der Waals surface area (Å²) in [6, 6.07) is 17.2. The Labute approximate surface area is 197 Å². The zero-order chi connectivity index (χ0) is 24.5. The number of methoxy groups -OCH3 is 3. The minimum atomic E-state index is -0.906. The number of rotatable bonds is 9. The molecule has 34 heavy (non-hydrogen) atoms. The minimum Gasteiger partial charge on any atom is -0.493 e. The van der Waals surface area contributed by atoms with E-state index < -0.39 is 18.0 Å². The molecule has 1 atom stereocenters. The summed E-state index contributed by atoms with van der Waals surface area (Å²) in [4.78, 5) is 25.5. The van der Waals surface area contributed by atoms with Crippen molar-refractivity contribution in [3.63, 3.8) is 0 Å². The summed E-state index contributed by atoms with van der Waals surface area (Å²) >= 11 is 0. The van der Waals surface area contributed by atoms with E-state index in [-0.39, 0.29) is 13.0 Å². The average molecular weight is 463 g/mol. The lowest BCUT2D eigenvalue weighted by Gasteiger charge is -2.19. The fourth-order valence-corrected chi connectivity index (χ4v) is 3.54. The predicted octanol–water partition coefficient (Wildman–Crippen LogP) is 3.24. The van der Waals surface area contributed by atoms with Crippen molar-refractivity contribution in [1.82, 2.24) is 10.6 Å². The van der Waals surface area contributed by atoms with E-state index in [9.17, 15) is 9.59 Å². The molecule has 0 bridgehead atoms. The van der Waals surface area contributed by atoms with Crippen molar-refractivity contribution in [2.24, 2.45) is 0 Å². The van der Waals surface area contributed by atoms with Crippen LogP contribution in [0.5, 0.6) is 17.2 Å². The van der Waals surface area contributed by atoms with E-state index in [2.05, 4.69) is 16.0 Å². The van der Waals surface area contributed by atoms with Gasteiger partial charge in [-0.15, -0.1) is 0 Å². The maximum Gasteiger partial charge on any atom is 0.319 e. The number of anilines is 1. The van der Waals surface area contributed by atoms with Gasteiger partial charge in [-0.2, -0.15) is 5.26 Å². The molecule has 0 spiro atoms. The molecule has 9 nitrogen and oxygen atoms in total. The Morgan fingerprint density at radius 3 is 2.24 bits per heavy atom. The molecule has 3 N–H and O–H groups in total. The van der Waals surface area contributed by atoms with Crippen LogP contribution in [0.25, 0.3) is 10.8 Å². The molecule has 0 aliphatic carbocycles. The van der Waals surface area contributed by atoms with Gasteiger partial charge in [0.05, 0.1) is 33.1 Å². The molecule has 3 rings (SSSR count). The van der Waals surface area contributed by atoms with Gasteiger partial charge in [-0.3, -0.25) is 4.79 Å². The maximum atomic E-state index is 12.8. The van der Waals surface area contributed by atoms with Gasteiger partial charge in [0.15, 0.2) is 11.5 Å². The van der Waals surface area contributed by atoms with Crippen LogP contribution in [0.3, 0.4) is 0 Å². The molecule has 0 aliphatic heterocycles. The summed E-state index contributed by atoms with van der Waals surface area (Å²) in [7, 11) is 4.43. The number of benzene rings is 3. The Balaban J connectivity index is 1.79. The van der Waals surface area contributed by atoms with E-state index in [1.807, 2.05) is 48.5 Å². The number of nitriles is 1. The summed E-state index contributed by atoms with van der Waals surface area (Å²) in [5.74, 6) is 0.670. The lowest BCUT2D eigenvalue weighted by Crippen LogP contribution is -2.49. The zero-order valence-electron chi connectivity index (χ0n) is 19.2. The molecular weight excluding hydrogens is 436 g/mol. The maximum absolute atomic E-state index is 12.8. The Morgan fingerprint density at radius 1 is 0.941 bits per heavy atom. The summed E-state index contributed by atoms with van der Waals surface area (Å²) < 4.78 is 15.9. The monoisotopic (exact) mass is 462 g/mol. The highest BCUT2D eigenvalue weighted by molar-refractivity contribution is 5.94. The van der Waals surface area contributed by atoms with Crippen LogP contribution in [-0.2, 0) is 11.2 Å². The number of nitrogens with zero attached hydrogens (tertiary/aromatic N) is 1. The van der Waals surface area contributed by atoms with Gasteiger partial charge in [0.2, 0.25) is 11.7 Å². The van der Waals surface area contributed by atoms with E-state index in [1.165, 1.54) is 21.3 Å². The summed E-state index contributed by atoms with van der Waals surface area (Å²) in [6.45, 7) is -0.163. The van der Waals surface area contributed by atoms with Gasteiger partial charge in [-0.1, -0.05) is 42.5 Å². The van der Waals surface area contributed by atoms with E-state index in [0.29, 0.717) is 22.9 Å². The number of carbonyl (C=O) groups is 2. The molecule has 0 aliphatic rings. The van der Waals surface area contributed by atoms with Crippen molar-refractivity contribution in [2.45, 2.75) is 12.5 Å². The molecule has 0 saturated carbocycles. The van der Waals surface area contributed by atoms with Crippen molar-refractivity contribution >= 4 is 28.4 Å². The number of carbonyl (C=O) groups excluding carboxylic acids is 2. The fraction of sp³-hybridized carbons (Fsp3) is 0.240. The zero-order valence-corrected chi connectivity index (χ0v) is 19.2. The molecule has 0 radical (unpaired) electrons. The number of fused-ring (bicyclic) bond motifs is 1. The van der Waals surface area contributed by atoms with Crippen molar-refractivity contribution in [3.8, 4) is 23.3 Å². The number of nitrogens with one attached hydrogen (secondary N) is 3. The number of hydrogen-bond donors (Lipinski definition) is 3. The van der Waals surface area contributed by atoms with E-state index in [0.717, 1.165) is 16.3 Å². The van der Waals surface area contributed by atoms with Gasteiger partial charge in [-0.25, -0.2) is 4.79 Å². The first kappa shape index (κ1) is 24.2. The van der Waals surface area contributed by atoms with Crippen LogP contribution in [0.15, 0.2) is 54.6 Å². The molecule has 176 valence electrons. The molecule has 3 aromatic carbocycles. The number of hydrogen-bond acceptors (Lipinski definition) is 6. The Morgan fingerprint density at radius 2 is 1.62 bits per heavy atom. The highest BCUT2D eigenvalue weighted by Gasteiger charge is 2.22. The predicted molar refractivity (Wildman–Crippen MR) is 128 cm³/mol. The highest BCUT2D eigenvalue weighted by Crippen LogP contribution is 2.39. The van der Waals surface area contributed by atoms with Crippen LogP contribution in [-0.4, -0.2) is 45.9 Å². The first-order chi connectivity index (χ1) is 16.5. The van der Waals surface area contributed by atoms with Gasteiger partial charge in [-0.05, 0) is 16.3 Å². The van der Waals surface area contributed by atoms with Crippen LogP contribution in [0.4, 0.5) is 10.5 Å². The van der Waals surface area contributed by atoms with E-state index in [1.54, 1.807) is 12.1 Å². The molecule has 0 aromatic heterocycles. The fourth-order valence-electron chi connectivity index (χ4n) is 3.54. The number of amides is 3. The number of ether oxygens (including phenoxy) is 3. The van der Waals surface area contributed by atoms with Crippen LogP contribution in [0.2, 0.25) is 0 Å². The Hall–Kier alpha value is -4.45. The molecular formula is C25H26N4O5. The van der Waals surface area contributed by atoms with Crippen LogP contribution in [0.1, 0.15) is 5.56 Å². The molecule has 0 fully saturated rings. The first-order valence-electron chi connectivity index (χ1n) is 10.5. The molecule has 3 amide bonds. The van der Waals surface area contributed by atoms with E-state index >= 15 is 0 Å². The Kier molecular flexibility index (Phi) is 8.13. The van der Waals surface area contributed by atoms with Crippen molar-refractivity contribution < 1.29 is 23.8 Å². The van der Waals surface area contributed by atoms with Crippen LogP contribution >= 0.6 is 0 Å². The lowest BCUT2D eigenvalue weighted by atomic mass is 10.0. The second-order valence-electron chi connectivity index (χ2n) is 7.33. The average Bonchev–Trinajstić information content (AvgIpc) is 2.86. The van der Waals surface area contributed by atoms with Crippen LogP contribution < -0.4 is 30.2 Å². The van der Waals surface area contributed by atoms with Gasteiger partial charge in [0, 0.05) is 18.6 Å².